The van der Waals surface area contributed by atoms with E-state index < -0.39 is 5.91 Å². The van der Waals surface area contributed by atoms with Crippen molar-refractivity contribution in [3.8, 4) is 0 Å². The maximum atomic E-state index is 10.7. The van der Waals surface area contributed by atoms with Crippen LogP contribution in [-0.2, 0) is 11.3 Å². The number of hydrogen-bond acceptors (Lipinski definition) is 5. The lowest BCUT2D eigenvalue weighted by molar-refractivity contribution is -0.113. The molecule has 0 spiro atoms. The first kappa shape index (κ1) is 21.8. The summed E-state index contributed by atoms with van der Waals surface area (Å²) in [6, 6.07) is 7.78. The molecule has 1 amide bonds. The van der Waals surface area contributed by atoms with Gasteiger partial charge in [0.2, 0.25) is 5.91 Å². The lowest BCUT2D eigenvalue weighted by Gasteiger charge is -2.10. The van der Waals surface area contributed by atoms with Gasteiger partial charge in [0.25, 0.3) is 0 Å². The molecule has 8 heteroatoms. The second-order valence-corrected chi connectivity index (χ2v) is 7.47. The van der Waals surface area contributed by atoms with Gasteiger partial charge >= 0.3 is 0 Å². The highest BCUT2D eigenvalue weighted by Gasteiger charge is 2.02. The number of nitrogens with zero attached hydrogens (tertiary/aromatic N) is 3. The molecule has 0 atom stereocenters. The van der Waals surface area contributed by atoms with Gasteiger partial charge in [-0.2, -0.15) is 0 Å². The number of nitrogens with two attached hydrogens (primary N) is 1. The van der Waals surface area contributed by atoms with Crippen LogP contribution in [0, 0.1) is 0 Å². The summed E-state index contributed by atoms with van der Waals surface area (Å²) >= 11 is 6.04. The standard InChI is InChI=1S/C22H27ClN6O/c23-17-4-6-19-20(8-12-27-21(19)14-17)26-11-2-1-9-25-10-3-13-29-15-18(28-16-29)5-7-22(24)30/h4-8,12,14-16,25H,1-3,9-11,13H2,(H2,24,30)(H,26,27)/b7-5+. The monoisotopic (exact) mass is 426 g/mol. The van der Waals surface area contributed by atoms with Gasteiger partial charge in [-0.25, -0.2) is 4.98 Å². The number of carbonyl (C=O) groups is 1. The van der Waals surface area contributed by atoms with Gasteiger partial charge in [-0.1, -0.05) is 11.6 Å². The zero-order chi connectivity index (χ0) is 21.2. The van der Waals surface area contributed by atoms with Crippen molar-refractivity contribution in [2.45, 2.75) is 25.8 Å². The van der Waals surface area contributed by atoms with Crippen LogP contribution in [-0.4, -0.2) is 40.1 Å². The van der Waals surface area contributed by atoms with E-state index in [4.69, 9.17) is 17.3 Å². The molecule has 0 unspecified atom stereocenters. The fourth-order valence-corrected chi connectivity index (χ4v) is 3.30. The van der Waals surface area contributed by atoms with E-state index in [1.807, 2.05) is 35.0 Å². The van der Waals surface area contributed by atoms with Gasteiger partial charge in [-0.15, -0.1) is 0 Å². The Morgan fingerprint density at radius 1 is 1.13 bits per heavy atom. The fraction of sp³-hybridized carbons (Fsp3) is 0.318. The van der Waals surface area contributed by atoms with Crippen LogP contribution in [0.25, 0.3) is 17.0 Å². The molecule has 0 bridgehead atoms. The highest BCUT2D eigenvalue weighted by molar-refractivity contribution is 6.31. The first-order valence-electron chi connectivity index (χ1n) is 10.1. The van der Waals surface area contributed by atoms with Crippen molar-refractivity contribution in [3.05, 3.63) is 59.8 Å². The van der Waals surface area contributed by atoms with E-state index in [1.54, 1.807) is 18.6 Å². The number of nitrogens with one attached hydrogen (secondary N) is 2. The van der Waals surface area contributed by atoms with Gasteiger partial charge in [0.1, 0.15) is 0 Å². The third-order valence-corrected chi connectivity index (χ3v) is 4.88. The summed E-state index contributed by atoms with van der Waals surface area (Å²) in [5.74, 6) is -0.469. The minimum atomic E-state index is -0.469. The van der Waals surface area contributed by atoms with Crippen LogP contribution in [0.3, 0.4) is 0 Å². The van der Waals surface area contributed by atoms with Crippen LogP contribution in [0.5, 0.6) is 0 Å². The van der Waals surface area contributed by atoms with E-state index in [0.717, 1.165) is 67.7 Å². The number of amides is 1. The van der Waals surface area contributed by atoms with Crippen LogP contribution in [0.15, 0.2) is 49.1 Å². The van der Waals surface area contributed by atoms with Gasteiger partial charge in [-0.05, 0) is 62.7 Å². The normalized spacial score (nSPS) is 11.4. The molecule has 158 valence electrons. The molecule has 2 aromatic heterocycles. The maximum Gasteiger partial charge on any atom is 0.241 e. The minimum absolute atomic E-state index is 0.469. The molecule has 0 saturated heterocycles. The molecule has 2 heterocycles. The summed E-state index contributed by atoms with van der Waals surface area (Å²) in [5.41, 5.74) is 7.81. The molecule has 0 radical (unpaired) electrons. The number of fused-ring (bicyclic) bond motifs is 1. The Morgan fingerprint density at radius 2 is 1.97 bits per heavy atom. The lowest BCUT2D eigenvalue weighted by atomic mass is 10.2. The summed E-state index contributed by atoms with van der Waals surface area (Å²) in [5, 5.41) is 8.76. The van der Waals surface area contributed by atoms with E-state index in [2.05, 4.69) is 20.6 Å². The Morgan fingerprint density at radius 3 is 2.83 bits per heavy atom. The molecule has 3 rings (SSSR count). The Hall–Kier alpha value is -2.90. The predicted molar refractivity (Wildman–Crippen MR) is 122 cm³/mol. The number of primary amides is 1. The van der Waals surface area contributed by atoms with Crippen LogP contribution >= 0.6 is 11.6 Å². The van der Waals surface area contributed by atoms with Crippen molar-refractivity contribution in [1.82, 2.24) is 19.9 Å². The molecule has 0 saturated carbocycles. The van der Waals surface area contributed by atoms with Crippen LogP contribution in [0.4, 0.5) is 5.69 Å². The van der Waals surface area contributed by atoms with E-state index in [1.165, 1.54) is 6.08 Å². The Labute approximate surface area is 181 Å². The molecule has 4 N–H and O–H groups in total. The van der Waals surface area contributed by atoms with Gasteiger partial charge in [0, 0.05) is 47.7 Å². The average Bonchev–Trinajstić information content (AvgIpc) is 3.18. The summed E-state index contributed by atoms with van der Waals surface area (Å²) in [7, 11) is 0. The summed E-state index contributed by atoms with van der Waals surface area (Å²) < 4.78 is 2.01. The number of rotatable bonds is 12. The van der Waals surface area contributed by atoms with Gasteiger partial charge in [-0.3, -0.25) is 9.78 Å². The molecule has 7 nitrogen and oxygen atoms in total. The van der Waals surface area contributed by atoms with Crippen LogP contribution < -0.4 is 16.4 Å². The summed E-state index contributed by atoms with van der Waals surface area (Å²) in [6.07, 6.45) is 11.6. The molecular formula is C22H27ClN6O. The SMILES string of the molecule is NC(=O)/C=C/c1cn(CCCNCCCCNc2ccnc3cc(Cl)ccc23)cn1. The van der Waals surface area contributed by atoms with Gasteiger partial charge in [0.15, 0.2) is 0 Å². The van der Waals surface area contributed by atoms with E-state index in [0.29, 0.717) is 5.02 Å². The Balaban J connectivity index is 1.26. The zero-order valence-corrected chi connectivity index (χ0v) is 17.6. The molecule has 0 aliphatic heterocycles. The highest BCUT2D eigenvalue weighted by Crippen LogP contribution is 2.24. The van der Waals surface area contributed by atoms with E-state index in [9.17, 15) is 4.79 Å². The van der Waals surface area contributed by atoms with Gasteiger partial charge in [0.05, 0.1) is 17.5 Å². The van der Waals surface area contributed by atoms with Crippen molar-refractivity contribution < 1.29 is 4.79 Å². The second kappa shape index (κ2) is 11.3. The Kier molecular flexibility index (Phi) is 8.23. The van der Waals surface area contributed by atoms with Crippen molar-refractivity contribution in [2.24, 2.45) is 5.73 Å². The number of benzene rings is 1. The average molecular weight is 427 g/mol. The number of hydrogen-bond donors (Lipinski definition) is 3. The number of pyridine rings is 1. The molecule has 3 aromatic rings. The maximum absolute atomic E-state index is 10.7. The third kappa shape index (κ3) is 6.86. The van der Waals surface area contributed by atoms with Crippen LogP contribution in [0.2, 0.25) is 5.02 Å². The molecule has 0 aliphatic carbocycles. The van der Waals surface area contributed by atoms with Crippen molar-refractivity contribution in [2.75, 3.05) is 25.0 Å². The van der Waals surface area contributed by atoms with Crippen molar-refractivity contribution >= 4 is 40.2 Å². The number of halogens is 1. The number of aryl methyl sites for hydroxylation is 1. The van der Waals surface area contributed by atoms with Gasteiger partial charge < -0.3 is 20.9 Å². The number of carbonyl (C=O) groups excluding carboxylic acids is 1. The molecular weight excluding hydrogens is 400 g/mol. The Bertz CT molecular complexity index is 1000. The first-order chi connectivity index (χ1) is 14.6. The van der Waals surface area contributed by atoms with Crippen molar-refractivity contribution in [1.29, 1.82) is 0 Å². The quantitative estimate of drug-likeness (QED) is 0.304. The van der Waals surface area contributed by atoms with E-state index >= 15 is 0 Å². The zero-order valence-electron chi connectivity index (χ0n) is 16.9. The lowest BCUT2D eigenvalue weighted by Crippen LogP contribution is -2.18. The second-order valence-electron chi connectivity index (χ2n) is 7.03. The predicted octanol–water partition coefficient (Wildman–Crippen LogP) is 3.46. The molecule has 1 aromatic carbocycles. The molecule has 30 heavy (non-hydrogen) atoms. The number of anilines is 1. The number of imidazole rings is 1. The number of unbranched alkanes of at least 4 members (excludes halogenated alkanes) is 1. The highest BCUT2D eigenvalue weighted by atomic mass is 35.5. The number of aromatic nitrogens is 3. The summed E-state index contributed by atoms with van der Waals surface area (Å²) in [6.45, 7) is 3.74. The van der Waals surface area contributed by atoms with Crippen molar-refractivity contribution in [3.63, 3.8) is 0 Å². The van der Waals surface area contributed by atoms with E-state index in [-0.39, 0.29) is 0 Å². The minimum Gasteiger partial charge on any atom is -0.384 e. The third-order valence-electron chi connectivity index (χ3n) is 4.64. The summed E-state index contributed by atoms with van der Waals surface area (Å²) in [4.78, 5) is 19.3. The largest absolute Gasteiger partial charge is 0.384 e. The van der Waals surface area contributed by atoms with Crippen LogP contribution in [0.1, 0.15) is 25.0 Å². The molecule has 0 aliphatic rings. The smallest absolute Gasteiger partial charge is 0.241 e. The molecule has 0 fully saturated rings. The first-order valence-corrected chi connectivity index (χ1v) is 10.5. The topological polar surface area (TPSA) is 97.9 Å². The fourth-order valence-electron chi connectivity index (χ4n) is 3.14.